The number of nitrogens with zero attached hydrogens (tertiary/aromatic N) is 3. The zero-order chi connectivity index (χ0) is 28.3. The van der Waals surface area contributed by atoms with Crippen LogP contribution in [-0.4, -0.2) is 51.5 Å². The van der Waals surface area contributed by atoms with Crippen LogP contribution in [0.15, 0.2) is 52.9 Å². The summed E-state index contributed by atoms with van der Waals surface area (Å²) in [6, 6.07) is 8.66. The second kappa shape index (κ2) is 14.8. The molecule has 214 valence electrons. The molecule has 3 aromatic rings. The van der Waals surface area contributed by atoms with E-state index in [-0.39, 0.29) is 36.5 Å². The Morgan fingerprint density at radius 1 is 1.12 bits per heavy atom. The first kappa shape index (κ1) is 29.5. The number of rotatable bonds is 14. The van der Waals surface area contributed by atoms with E-state index in [1.54, 1.807) is 22.1 Å². The van der Waals surface area contributed by atoms with Gasteiger partial charge in [0.1, 0.15) is 12.6 Å². The van der Waals surface area contributed by atoms with Crippen LogP contribution in [0.2, 0.25) is 0 Å². The number of amides is 4. The van der Waals surface area contributed by atoms with Gasteiger partial charge in [0.2, 0.25) is 5.91 Å². The van der Waals surface area contributed by atoms with E-state index in [4.69, 9.17) is 4.74 Å². The van der Waals surface area contributed by atoms with Crippen LogP contribution in [0.25, 0.3) is 0 Å². The van der Waals surface area contributed by atoms with Gasteiger partial charge in [0.15, 0.2) is 0 Å². The van der Waals surface area contributed by atoms with Crippen LogP contribution >= 0.6 is 22.7 Å². The van der Waals surface area contributed by atoms with Crippen LogP contribution in [0.4, 0.5) is 9.59 Å². The minimum atomic E-state index is -0.699. The molecule has 1 saturated carbocycles. The SMILES string of the molecule is CC(C)[C@H](NC(=O)N(Cc1cscn1)C1CC1)C(=O)N[C@H](CCCNC(=O)OCc1cncs1)c1ccccc1. The minimum Gasteiger partial charge on any atom is -0.444 e. The lowest BCUT2D eigenvalue weighted by Gasteiger charge is -2.29. The summed E-state index contributed by atoms with van der Waals surface area (Å²) in [4.78, 5) is 49.8. The Hall–Kier alpha value is -3.51. The number of ether oxygens (including phenoxy) is 1. The predicted octanol–water partition coefficient (Wildman–Crippen LogP) is 4.86. The third-order valence-electron chi connectivity index (χ3n) is 6.58. The third-order valence-corrected chi connectivity index (χ3v) is 7.97. The highest BCUT2D eigenvalue weighted by atomic mass is 32.1. The molecular formula is C28H36N6O4S2. The Bertz CT molecular complexity index is 1200. The number of alkyl carbamates (subject to hydrolysis) is 1. The van der Waals surface area contributed by atoms with Crippen LogP contribution in [0, 0.1) is 5.92 Å². The molecule has 3 N–H and O–H groups in total. The van der Waals surface area contributed by atoms with Crippen LogP contribution in [0.3, 0.4) is 0 Å². The first-order valence-corrected chi connectivity index (χ1v) is 15.3. The molecule has 4 amide bonds. The van der Waals surface area contributed by atoms with E-state index in [1.165, 1.54) is 22.7 Å². The van der Waals surface area contributed by atoms with Crippen molar-refractivity contribution in [3.05, 3.63) is 69.1 Å². The Morgan fingerprint density at radius 2 is 1.93 bits per heavy atom. The van der Waals surface area contributed by atoms with Gasteiger partial charge in [-0.05, 0) is 37.2 Å². The standard InChI is InChI=1S/C28H36N6O4S2/c1-19(2)25(33-27(36)34(22-10-11-22)14-21-16-39-18-31-21)26(35)32-24(20-7-4-3-5-8-20)9-6-12-30-28(37)38-15-23-13-29-17-40-23/h3-5,7-8,13,16-19,22,24-25H,6,9-12,14-15H2,1-2H3,(H,30,37)(H,32,35)(H,33,36)/t24-,25+/m1/s1. The molecule has 12 heteroatoms. The van der Waals surface area contributed by atoms with E-state index in [9.17, 15) is 14.4 Å². The minimum absolute atomic E-state index is 0.115. The number of aromatic nitrogens is 2. The Kier molecular flexibility index (Phi) is 10.9. The average Bonchev–Trinajstić information content (AvgIpc) is 3.40. The predicted molar refractivity (Wildman–Crippen MR) is 155 cm³/mol. The van der Waals surface area contributed by atoms with Gasteiger partial charge in [-0.2, -0.15) is 0 Å². The number of benzene rings is 1. The monoisotopic (exact) mass is 584 g/mol. The fourth-order valence-electron chi connectivity index (χ4n) is 4.26. The summed E-state index contributed by atoms with van der Waals surface area (Å²) >= 11 is 2.93. The summed E-state index contributed by atoms with van der Waals surface area (Å²) < 4.78 is 5.21. The zero-order valence-corrected chi connectivity index (χ0v) is 24.4. The van der Waals surface area contributed by atoms with Crippen molar-refractivity contribution in [1.29, 1.82) is 0 Å². The molecule has 10 nitrogen and oxygen atoms in total. The van der Waals surface area contributed by atoms with E-state index in [2.05, 4.69) is 25.9 Å². The molecule has 0 radical (unpaired) electrons. The maximum atomic E-state index is 13.5. The second-order valence-corrected chi connectivity index (χ2v) is 11.8. The summed E-state index contributed by atoms with van der Waals surface area (Å²) in [5.74, 6) is -0.353. The van der Waals surface area contributed by atoms with Crippen LogP contribution in [-0.2, 0) is 22.7 Å². The molecule has 1 aliphatic rings. The molecule has 1 fully saturated rings. The van der Waals surface area contributed by atoms with E-state index >= 15 is 0 Å². The van der Waals surface area contributed by atoms with Gasteiger partial charge in [0.05, 0.1) is 34.2 Å². The smallest absolute Gasteiger partial charge is 0.407 e. The number of nitrogens with one attached hydrogen (secondary N) is 3. The normalized spacial score (nSPS) is 14.3. The largest absolute Gasteiger partial charge is 0.444 e. The molecule has 0 saturated heterocycles. The molecule has 2 aromatic heterocycles. The number of carbonyl (C=O) groups is 3. The lowest BCUT2D eigenvalue weighted by Crippen LogP contribution is -2.54. The van der Waals surface area contributed by atoms with Crippen molar-refractivity contribution in [2.75, 3.05) is 6.54 Å². The maximum Gasteiger partial charge on any atom is 0.407 e. The van der Waals surface area contributed by atoms with Crippen molar-refractivity contribution in [1.82, 2.24) is 30.8 Å². The van der Waals surface area contributed by atoms with Crippen LogP contribution < -0.4 is 16.0 Å². The third kappa shape index (κ3) is 9.02. The van der Waals surface area contributed by atoms with Crippen molar-refractivity contribution < 1.29 is 19.1 Å². The molecule has 4 rings (SSSR count). The maximum absolute atomic E-state index is 13.5. The Morgan fingerprint density at radius 3 is 2.58 bits per heavy atom. The van der Waals surface area contributed by atoms with Gasteiger partial charge < -0.3 is 25.6 Å². The van der Waals surface area contributed by atoms with Crippen LogP contribution in [0.5, 0.6) is 0 Å². The van der Waals surface area contributed by atoms with Gasteiger partial charge in [-0.3, -0.25) is 9.78 Å². The van der Waals surface area contributed by atoms with Crippen molar-refractivity contribution in [3.8, 4) is 0 Å². The molecule has 0 bridgehead atoms. The molecule has 2 atom stereocenters. The summed E-state index contributed by atoms with van der Waals surface area (Å²) in [7, 11) is 0. The Balaban J connectivity index is 1.32. The van der Waals surface area contributed by atoms with Crippen molar-refractivity contribution in [3.63, 3.8) is 0 Å². The lowest BCUT2D eigenvalue weighted by atomic mass is 9.99. The highest BCUT2D eigenvalue weighted by Gasteiger charge is 2.35. The quantitative estimate of drug-likeness (QED) is 0.232. The zero-order valence-electron chi connectivity index (χ0n) is 22.7. The first-order valence-electron chi connectivity index (χ1n) is 13.5. The van der Waals surface area contributed by atoms with Gasteiger partial charge in [0, 0.05) is 24.2 Å². The lowest BCUT2D eigenvalue weighted by molar-refractivity contribution is -0.124. The average molecular weight is 585 g/mol. The molecule has 40 heavy (non-hydrogen) atoms. The molecular weight excluding hydrogens is 548 g/mol. The van der Waals surface area contributed by atoms with Gasteiger partial charge in [-0.1, -0.05) is 44.2 Å². The summed E-state index contributed by atoms with van der Waals surface area (Å²) in [5.41, 5.74) is 5.26. The summed E-state index contributed by atoms with van der Waals surface area (Å²) in [5, 5.41) is 10.8. The molecule has 1 aromatic carbocycles. The molecule has 0 spiro atoms. The van der Waals surface area contributed by atoms with Crippen LogP contribution in [0.1, 0.15) is 61.7 Å². The van der Waals surface area contributed by atoms with E-state index < -0.39 is 12.1 Å². The molecule has 0 aliphatic heterocycles. The van der Waals surface area contributed by atoms with Crippen molar-refractivity contribution >= 4 is 40.7 Å². The van der Waals surface area contributed by atoms with Crippen molar-refractivity contribution in [2.45, 2.75) is 70.8 Å². The van der Waals surface area contributed by atoms with E-state index in [0.29, 0.717) is 25.9 Å². The van der Waals surface area contributed by atoms with Gasteiger partial charge >= 0.3 is 12.1 Å². The highest BCUT2D eigenvalue weighted by Crippen LogP contribution is 2.28. The van der Waals surface area contributed by atoms with Crippen molar-refractivity contribution in [2.24, 2.45) is 5.92 Å². The number of hydrogen-bond acceptors (Lipinski definition) is 8. The number of urea groups is 1. The Labute approximate surface area is 242 Å². The topological polar surface area (TPSA) is 126 Å². The molecule has 0 unspecified atom stereocenters. The van der Waals surface area contributed by atoms with E-state index in [0.717, 1.165) is 29.0 Å². The molecule has 1 aliphatic carbocycles. The fourth-order valence-corrected chi connectivity index (χ4v) is 5.32. The van der Waals surface area contributed by atoms with Gasteiger partial charge in [-0.25, -0.2) is 14.6 Å². The number of hydrogen-bond donors (Lipinski definition) is 3. The van der Waals surface area contributed by atoms with E-state index in [1.807, 2.05) is 49.6 Å². The number of carbonyl (C=O) groups excluding carboxylic acids is 3. The van der Waals surface area contributed by atoms with Gasteiger partial charge in [-0.15, -0.1) is 22.7 Å². The fraction of sp³-hybridized carbons (Fsp3) is 0.464. The molecule has 2 heterocycles. The summed E-state index contributed by atoms with van der Waals surface area (Å²) in [6.07, 6.45) is 4.31. The highest BCUT2D eigenvalue weighted by molar-refractivity contribution is 7.09. The summed E-state index contributed by atoms with van der Waals surface area (Å²) in [6.45, 7) is 4.86. The second-order valence-electron chi connectivity index (χ2n) is 10.1. The first-order chi connectivity index (χ1) is 19.4. The van der Waals surface area contributed by atoms with Gasteiger partial charge in [0.25, 0.3) is 0 Å². The number of thiazole rings is 2.